The molecule has 42 heavy (non-hydrogen) atoms. The first-order valence-electron chi connectivity index (χ1n) is 13.7. The van der Waals surface area contributed by atoms with Gasteiger partial charge in [-0.3, -0.25) is 4.98 Å². The third-order valence-corrected chi connectivity index (χ3v) is 7.62. The molecule has 2 saturated carbocycles. The molecule has 0 radical (unpaired) electrons. The van der Waals surface area contributed by atoms with Gasteiger partial charge in [-0.1, -0.05) is 6.07 Å². The second-order valence-corrected chi connectivity index (χ2v) is 10.9. The number of benzene rings is 1. The van der Waals surface area contributed by atoms with Gasteiger partial charge in [0.2, 0.25) is 0 Å². The molecule has 214 valence electrons. The highest BCUT2D eigenvalue weighted by molar-refractivity contribution is 5.81. The zero-order valence-electron chi connectivity index (χ0n) is 22.6. The van der Waals surface area contributed by atoms with Crippen LogP contribution in [0.25, 0.3) is 39.5 Å². The van der Waals surface area contributed by atoms with Gasteiger partial charge in [-0.05, 0) is 67.1 Å². The van der Waals surface area contributed by atoms with Crippen LogP contribution >= 0.6 is 0 Å². The van der Waals surface area contributed by atoms with E-state index in [4.69, 9.17) is 4.98 Å². The normalized spacial score (nSPS) is 15.4. The van der Waals surface area contributed by atoms with E-state index in [2.05, 4.69) is 25.6 Å². The summed E-state index contributed by atoms with van der Waals surface area (Å²) in [6.07, 6.45) is 4.93. The molecule has 5 aromatic rings. The topological polar surface area (TPSA) is 86.3 Å². The maximum atomic E-state index is 14.4. The largest absolute Gasteiger partial charge is 0.418 e. The van der Waals surface area contributed by atoms with Crippen molar-refractivity contribution in [2.24, 2.45) is 7.05 Å². The van der Waals surface area contributed by atoms with Crippen LogP contribution in [-0.2, 0) is 19.8 Å². The van der Waals surface area contributed by atoms with Gasteiger partial charge < -0.3 is 9.88 Å². The Bertz CT molecular complexity index is 1780. The van der Waals surface area contributed by atoms with Gasteiger partial charge in [0.05, 0.1) is 17.5 Å². The molecule has 0 amide bonds. The van der Waals surface area contributed by atoms with Crippen molar-refractivity contribution in [1.82, 2.24) is 39.8 Å². The fourth-order valence-corrected chi connectivity index (χ4v) is 5.06. The van der Waals surface area contributed by atoms with Crippen molar-refractivity contribution in [2.75, 3.05) is 0 Å². The molecule has 12 heteroatoms. The Hall–Kier alpha value is -4.45. The van der Waals surface area contributed by atoms with Crippen LogP contribution in [-0.4, -0.2) is 40.6 Å². The Morgan fingerprint density at radius 3 is 2.50 bits per heavy atom. The van der Waals surface area contributed by atoms with E-state index in [1.807, 2.05) is 6.07 Å². The highest BCUT2D eigenvalue weighted by Gasteiger charge is 2.35. The van der Waals surface area contributed by atoms with Gasteiger partial charge in [-0.15, -0.1) is 10.2 Å². The fourth-order valence-electron chi connectivity index (χ4n) is 5.06. The van der Waals surface area contributed by atoms with E-state index in [9.17, 15) is 17.6 Å². The van der Waals surface area contributed by atoms with Crippen LogP contribution < -0.4 is 5.32 Å². The quantitative estimate of drug-likeness (QED) is 0.226. The lowest BCUT2D eigenvalue weighted by Crippen LogP contribution is -2.17. The molecule has 4 aromatic heterocycles. The monoisotopic (exact) mass is 574 g/mol. The van der Waals surface area contributed by atoms with E-state index in [-0.39, 0.29) is 11.5 Å². The molecule has 0 bridgehead atoms. The fraction of sp³-hybridized carbons (Fsp3) is 0.300. The summed E-state index contributed by atoms with van der Waals surface area (Å²) in [6.45, 7) is 0.393. The van der Waals surface area contributed by atoms with Crippen LogP contribution in [0.2, 0.25) is 0 Å². The predicted molar refractivity (Wildman–Crippen MR) is 147 cm³/mol. The standard InChI is InChI=1S/C30H26F4N8/c1-41-16-37-40-29(41)25-10-20(31)4-7-23(25)18-8-27(17-2-3-17)39-28(9-18)42-15-19(12-38-42)24-11-22(13-35-21-5-6-21)36-14-26(24)30(32,33)34/h4,7-12,14-17,21,35H,2-3,5-6,13H2,1H3. The molecular weight excluding hydrogens is 548 g/mol. The molecule has 1 aromatic carbocycles. The number of nitrogens with one attached hydrogen (secondary N) is 1. The van der Waals surface area contributed by atoms with Gasteiger partial charge in [-0.25, -0.2) is 14.1 Å². The summed E-state index contributed by atoms with van der Waals surface area (Å²) >= 11 is 0. The molecule has 0 atom stereocenters. The third kappa shape index (κ3) is 5.29. The number of halogens is 4. The lowest BCUT2D eigenvalue weighted by atomic mass is 9.98. The molecule has 0 spiro atoms. The van der Waals surface area contributed by atoms with Crippen molar-refractivity contribution >= 4 is 0 Å². The minimum absolute atomic E-state index is 0.0121. The lowest BCUT2D eigenvalue weighted by Gasteiger charge is -2.14. The number of aromatic nitrogens is 7. The van der Waals surface area contributed by atoms with Crippen molar-refractivity contribution in [3.63, 3.8) is 0 Å². The molecule has 8 nitrogen and oxygen atoms in total. The number of rotatable bonds is 8. The number of alkyl halides is 3. The van der Waals surface area contributed by atoms with Gasteiger partial charge >= 0.3 is 6.18 Å². The number of nitrogens with zero attached hydrogens (tertiary/aromatic N) is 7. The summed E-state index contributed by atoms with van der Waals surface area (Å²) in [5, 5.41) is 15.8. The van der Waals surface area contributed by atoms with Crippen molar-refractivity contribution in [1.29, 1.82) is 0 Å². The second kappa shape index (κ2) is 10.1. The van der Waals surface area contributed by atoms with Crippen LogP contribution in [0.5, 0.6) is 0 Å². The second-order valence-electron chi connectivity index (χ2n) is 10.9. The Kier molecular flexibility index (Phi) is 6.37. The Balaban J connectivity index is 1.31. The number of aryl methyl sites for hydroxylation is 1. The average molecular weight is 575 g/mol. The predicted octanol–water partition coefficient (Wildman–Crippen LogP) is 6.08. The van der Waals surface area contributed by atoms with Crippen LogP contribution in [0.3, 0.4) is 0 Å². The third-order valence-electron chi connectivity index (χ3n) is 7.62. The Labute approximate surface area is 238 Å². The van der Waals surface area contributed by atoms with Crippen molar-refractivity contribution < 1.29 is 17.6 Å². The van der Waals surface area contributed by atoms with Gasteiger partial charge in [0.15, 0.2) is 11.6 Å². The highest BCUT2D eigenvalue weighted by atomic mass is 19.4. The Morgan fingerprint density at radius 1 is 0.952 bits per heavy atom. The Morgan fingerprint density at radius 2 is 1.79 bits per heavy atom. The molecule has 7 rings (SSSR count). The van der Waals surface area contributed by atoms with E-state index < -0.39 is 17.6 Å². The minimum Gasteiger partial charge on any atom is -0.317 e. The molecular formula is C30H26F4N8. The van der Waals surface area contributed by atoms with E-state index >= 15 is 0 Å². The molecule has 0 aliphatic heterocycles. The average Bonchev–Trinajstić information content (AvgIpc) is 3.90. The van der Waals surface area contributed by atoms with Crippen LogP contribution in [0.1, 0.15) is 48.6 Å². The molecule has 0 saturated heterocycles. The molecule has 2 aliphatic rings. The van der Waals surface area contributed by atoms with Crippen molar-refractivity contribution in [3.8, 4) is 39.5 Å². The van der Waals surface area contributed by atoms with Crippen molar-refractivity contribution in [3.05, 3.63) is 84.1 Å². The van der Waals surface area contributed by atoms with E-state index in [0.717, 1.165) is 48.7 Å². The summed E-state index contributed by atoms with van der Waals surface area (Å²) in [5.74, 6) is 0.819. The smallest absolute Gasteiger partial charge is 0.317 e. The summed E-state index contributed by atoms with van der Waals surface area (Å²) < 4.78 is 59.5. The number of hydrogen-bond acceptors (Lipinski definition) is 6. The maximum Gasteiger partial charge on any atom is 0.418 e. The van der Waals surface area contributed by atoms with Crippen LogP contribution in [0, 0.1) is 5.82 Å². The summed E-state index contributed by atoms with van der Waals surface area (Å²) in [5.41, 5.74) is 2.93. The summed E-state index contributed by atoms with van der Waals surface area (Å²) in [4.78, 5) is 8.88. The summed E-state index contributed by atoms with van der Waals surface area (Å²) in [6, 6.07) is 10.1. The maximum absolute atomic E-state index is 14.4. The van der Waals surface area contributed by atoms with Crippen LogP contribution in [0.15, 0.2) is 61.3 Å². The molecule has 2 fully saturated rings. The molecule has 2 aliphatic carbocycles. The first-order valence-corrected chi connectivity index (χ1v) is 13.7. The van der Waals surface area contributed by atoms with E-state index in [0.29, 0.717) is 41.0 Å². The lowest BCUT2D eigenvalue weighted by molar-refractivity contribution is -0.137. The number of hydrogen-bond donors (Lipinski definition) is 1. The van der Waals surface area contributed by atoms with Gasteiger partial charge in [0.1, 0.15) is 12.1 Å². The van der Waals surface area contributed by atoms with Gasteiger partial charge in [-0.2, -0.15) is 18.3 Å². The SMILES string of the molecule is Cn1cnnc1-c1cc(F)ccc1-c1cc(C2CC2)nc(-n2cc(-c3cc(CNC4CC4)ncc3C(F)(F)F)cn2)c1. The van der Waals surface area contributed by atoms with Crippen LogP contribution in [0.4, 0.5) is 17.6 Å². The van der Waals surface area contributed by atoms with E-state index in [1.165, 1.54) is 29.1 Å². The van der Waals surface area contributed by atoms with Gasteiger partial charge in [0, 0.05) is 60.3 Å². The minimum atomic E-state index is -4.58. The first-order chi connectivity index (χ1) is 20.2. The zero-order valence-corrected chi connectivity index (χ0v) is 22.6. The van der Waals surface area contributed by atoms with Gasteiger partial charge in [0.25, 0.3) is 0 Å². The first kappa shape index (κ1) is 26.4. The van der Waals surface area contributed by atoms with Crippen molar-refractivity contribution in [2.45, 2.75) is 50.4 Å². The number of pyridine rings is 2. The zero-order chi connectivity index (χ0) is 29.0. The molecule has 4 heterocycles. The summed E-state index contributed by atoms with van der Waals surface area (Å²) in [7, 11) is 1.78. The van der Waals surface area contributed by atoms with E-state index in [1.54, 1.807) is 36.3 Å². The molecule has 0 unspecified atom stereocenters. The highest BCUT2D eigenvalue weighted by Crippen LogP contribution is 2.42. The molecule has 1 N–H and O–H groups in total.